The number of ether oxygens (including phenoxy) is 2. The number of aromatic nitrogens is 2. The van der Waals surface area contributed by atoms with Gasteiger partial charge in [-0.2, -0.15) is 0 Å². The van der Waals surface area contributed by atoms with Crippen molar-refractivity contribution in [3.8, 4) is 5.75 Å². The van der Waals surface area contributed by atoms with Crippen LogP contribution < -0.4 is 4.74 Å². The van der Waals surface area contributed by atoms with E-state index in [2.05, 4.69) is 28.8 Å². The van der Waals surface area contributed by atoms with Crippen LogP contribution in [0.5, 0.6) is 5.75 Å². The number of rotatable bonds is 8. The maximum Gasteiger partial charge on any atom is 0.289 e. The fourth-order valence-electron chi connectivity index (χ4n) is 5.03. The molecule has 0 spiro atoms. The van der Waals surface area contributed by atoms with E-state index >= 15 is 0 Å². The summed E-state index contributed by atoms with van der Waals surface area (Å²) in [7, 11) is 3.32. The molecule has 0 bridgehead atoms. The number of hydrogen-bond acceptors (Lipinski definition) is 5. The van der Waals surface area contributed by atoms with E-state index in [9.17, 15) is 4.79 Å². The van der Waals surface area contributed by atoms with E-state index in [1.165, 1.54) is 5.56 Å². The number of nitrogens with zero attached hydrogens (tertiary/aromatic N) is 3. The Morgan fingerprint density at radius 1 is 1.00 bits per heavy atom. The molecule has 35 heavy (non-hydrogen) atoms. The van der Waals surface area contributed by atoms with Crippen LogP contribution in [-0.4, -0.2) is 47.7 Å². The lowest BCUT2D eigenvalue weighted by Gasteiger charge is -2.33. The SMILES string of the molecule is COCc1ccc(C(=O)N2CCC(n3c(CCc4ccccc4OC)nc4ccccc43)CC2)o1. The molecular formula is C28H31N3O4. The van der Waals surface area contributed by atoms with Crippen molar-refractivity contribution in [1.29, 1.82) is 0 Å². The largest absolute Gasteiger partial charge is 0.496 e. The highest BCUT2D eigenvalue weighted by molar-refractivity contribution is 5.91. The summed E-state index contributed by atoms with van der Waals surface area (Å²) < 4.78 is 18.7. The first-order valence-corrected chi connectivity index (χ1v) is 12.1. The Hall–Kier alpha value is -3.58. The third kappa shape index (κ3) is 4.82. The van der Waals surface area contributed by atoms with Crippen LogP contribution >= 0.6 is 0 Å². The Labute approximate surface area is 205 Å². The van der Waals surface area contributed by atoms with Crippen molar-refractivity contribution in [3.63, 3.8) is 0 Å². The average molecular weight is 474 g/mol. The molecule has 1 fully saturated rings. The van der Waals surface area contributed by atoms with Crippen LogP contribution in [0.2, 0.25) is 0 Å². The van der Waals surface area contributed by atoms with E-state index in [0.717, 1.165) is 48.3 Å². The predicted octanol–water partition coefficient (Wildman–Crippen LogP) is 5.05. The van der Waals surface area contributed by atoms with Crippen molar-refractivity contribution in [2.24, 2.45) is 0 Å². The second-order valence-electron chi connectivity index (χ2n) is 8.92. The number of methoxy groups -OCH3 is 2. The van der Waals surface area contributed by atoms with Crippen LogP contribution in [0.25, 0.3) is 11.0 Å². The van der Waals surface area contributed by atoms with Gasteiger partial charge in [0.25, 0.3) is 5.91 Å². The lowest BCUT2D eigenvalue weighted by atomic mass is 10.0. The maximum absolute atomic E-state index is 13.0. The third-order valence-electron chi connectivity index (χ3n) is 6.76. The van der Waals surface area contributed by atoms with Gasteiger partial charge in [0.2, 0.25) is 0 Å². The minimum Gasteiger partial charge on any atom is -0.496 e. The number of piperidine rings is 1. The molecular weight excluding hydrogens is 442 g/mol. The summed E-state index contributed by atoms with van der Waals surface area (Å²) >= 11 is 0. The normalized spacial score (nSPS) is 14.5. The first-order chi connectivity index (χ1) is 17.2. The molecule has 7 heteroatoms. The molecule has 1 aliphatic rings. The Morgan fingerprint density at radius 2 is 1.77 bits per heavy atom. The fourth-order valence-corrected chi connectivity index (χ4v) is 5.03. The second kappa shape index (κ2) is 10.4. The summed E-state index contributed by atoms with van der Waals surface area (Å²) in [5.41, 5.74) is 3.35. The lowest BCUT2D eigenvalue weighted by molar-refractivity contribution is 0.0656. The molecule has 5 rings (SSSR count). The zero-order valence-corrected chi connectivity index (χ0v) is 20.3. The van der Waals surface area contributed by atoms with Gasteiger partial charge in [0.1, 0.15) is 23.9 Å². The van der Waals surface area contributed by atoms with Crippen molar-refractivity contribution < 1.29 is 18.7 Å². The zero-order chi connectivity index (χ0) is 24.2. The van der Waals surface area contributed by atoms with Crippen LogP contribution in [0.1, 0.15) is 46.6 Å². The highest BCUT2D eigenvalue weighted by atomic mass is 16.5. The molecule has 182 valence electrons. The number of hydrogen-bond donors (Lipinski definition) is 0. The van der Waals surface area contributed by atoms with Gasteiger partial charge in [-0.15, -0.1) is 0 Å². The molecule has 2 aromatic carbocycles. The summed E-state index contributed by atoms with van der Waals surface area (Å²) in [4.78, 5) is 19.9. The number of carbonyl (C=O) groups is 1. The summed E-state index contributed by atoms with van der Waals surface area (Å²) in [6, 6.07) is 20.3. The van der Waals surface area contributed by atoms with E-state index in [-0.39, 0.29) is 5.91 Å². The molecule has 0 atom stereocenters. The number of aryl methyl sites for hydroxylation is 2. The fraction of sp³-hybridized carbons (Fsp3) is 0.357. The van der Waals surface area contributed by atoms with Crippen molar-refractivity contribution in [1.82, 2.24) is 14.5 Å². The van der Waals surface area contributed by atoms with E-state index in [1.54, 1.807) is 26.4 Å². The predicted molar refractivity (Wildman–Crippen MR) is 134 cm³/mol. The van der Waals surface area contributed by atoms with Crippen molar-refractivity contribution in [3.05, 3.63) is 83.6 Å². The van der Waals surface area contributed by atoms with Gasteiger partial charge in [-0.1, -0.05) is 30.3 Å². The van der Waals surface area contributed by atoms with Gasteiger partial charge in [0.05, 0.1) is 18.1 Å². The Kier molecular flexibility index (Phi) is 6.86. The van der Waals surface area contributed by atoms with Gasteiger partial charge < -0.3 is 23.4 Å². The van der Waals surface area contributed by atoms with Gasteiger partial charge in [0, 0.05) is 32.7 Å². The first-order valence-electron chi connectivity index (χ1n) is 12.1. The number of benzene rings is 2. The van der Waals surface area contributed by atoms with E-state index in [1.807, 2.05) is 29.2 Å². The summed E-state index contributed by atoms with van der Waals surface area (Å²) in [5.74, 6) is 2.97. The molecule has 0 N–H and O–H groups in total. The standard InChI is InChI=1S/C28H31N3O4/c1-33-19-22-12-13-26(35-22)28(32)30-17-15-21(16-18-30)31-24-9-5-4-8-23(24)29-27(31)14-11-20-7-3-6-10-25(20)34-2/h3-10,12-13,21H,11,14-19H2,1-2H3. The molecule has 1 aliphatic heterocycles. The number of fused-ring (bicyclic) bond motifs is 1. The monoisotopic (exact) mass is 473 g/mol. The molecule has 1 amide bonds. The number of likely N-dealkylation sites (tertiary alicyclic amines) is 1. The van der Waals surface area contributed by atoms with Crippen LogP contribution in [0, 0.1) is 0 Å². The topological polar surface area (TPSA) is 69.7 Å². The van der Waals surface area contributed by atoms with Crippen LogP contribution in [0.3, 0.4) is 0 Å². The van der Waals surface area contributed by atoms with Gasteiger partial charge >= 0.3 is 0 Å². The van der Waals surface area contributed by atoms with E-state index in [4.69, 9.17) is 18.9 Å². The molecule has 0 saturated carbocycles. The molecule has 3 heterocycles. The van der Waals surface area contributed by atoms with Gasteiger partial charge in [-0.05, 0) is 55.2 Å². The maximum atomic E-state index is 13.0. The summed E-state index contributed by atoms with van der Waals surface area (Å²) in [6.07, 6.45) is 3.43. The van der Waals surface area contributed by atoms with Gasteiger partial charge in [-0.3, -0.25) is 4.79 Å². The summed E-state index contributed by atoms with van der Waals surface area (Å²) in [5, 5.41) is 0. The van der Waals surface area contributed by atoms with Gasteiger partial charge in [0.15, 0.2) is 5.76 Å². The number of furan rings is 1. The lowest BCUT2D eigenvalue weighted by Crippen LogP contribution is -2.39. The number of carbonyl (C=O) groups excluding carboxylic acids is 1. The molecule has 7 nitrogen and oxygen atoms in total. The van der Waals surface area contributed by atoms with Crippen molar-refractivity contribution in [2.45, 2.75) is 38.3 Å². The number of amides is 1. The third-order valence-corrected chi connectivity index (χ3v) is 6.76. The van der Waals surface area contributed by atoms with Crippen molar-refractivity contribution in [2.75, 3.05) is 27.3 Å². The second-order valence-corrected chi connectivity index (χ2v) is 8.92. The molecule has 1 saturated heterocycles. The van der Waals surface area contributed by atoms with Crippen LogP contribution in [0.15, 0.2) is 65.1 Å². The highest BCUT2D eigenvalue weighted by Crippen LogP contribution is 2.31. The smallest absolute Gasteiger partial charge is 0.289 e. The Morgan fingerprint density at radius 3 is 2.57 bits per heavy atom. The van der Waals surface area contributed by atoms with Crippen molar-refractivity contribution >= 4 is 16.9 Å². The molecule has 0 aliphatic carbocycles. The molecule has 4 aromatic rings. The Bertz CT molecular complexity index is 1300. The van der Waals surface area contributed by atoms with Gasteiger partial charge in [-0.25, -0.2) is 4.98 Å². The van der Waals surface area contributed by atoms with E-state index in [0.29, 0.717) is 37.3 Å². The first kappa shape index (κ1) is 23.2. The highest BCUT2D eigenvalue weighted by Gasteiger charge is 2.28. The zero-order valence-electron chi connectivity index (χ0n) is 20.3. The van der Waals surface area contributed by atoms with E-state index < -0.39 is 0 Å². The molecule has 0 unspecified atom stereocenters. The average Bonchev–Trinajstić information content (AvgIpc) is 3.52. The molecule has 2 aromatic heterocycles. The number of para-hydroxylation sites is 3. The summed E-state index contributed by atoms with van der Waals surface area (Å²) in [6.45, 7) is 1.73. The minimum absolute atomic E-state index is 0.0577. The Balaban J connectivity index is 1.33. The van der Waals surface area contributed by atoms with Crippen LogP contribution in [0.4, 0.5) is 0 Å². The molecule has 0 radical (unpaired) electrons. The van der Waals surface area contributed by atoms with Crippen LogP contribution in [-0.2, 0) is 24.2 Å². The quantitative estimate of drug-likeness (QED) is 0.358. The number of imidazole rings is 1. The minimum atomic E-state index is -0.0577.